The summed E-state index contributed by atoms with van der Waals surface area (Å²) in [6, 6.07) is 24.5. The normalized spacial score (nSPS) is 10.2. The molecule has 0 aromatic heterocycles. The molecule has 31 heavy (non-hydrogen) atoms. The summed E-state index contributed by atoms with van der Waals surface area (Å²) < 4.78 is 16.7. The lowest BCUT2D eigenvalue weighted by molar-refractivity contribution is -0.136. The number of ether oxygens (including phenoxy) is 2. The highest BCUT2D eigenvalue weighted by Gasteiger charge is 2.07. The van der Waals surface area contributed by atoms with E-state index in [4.69, 9.17) is 19.2 Å². The number of hydrogen-bond donors (Lipinski definition) is 2. The molecule has 0 unspecified atom stereocenters. The molecule has 0 bridgehead atoms. The number of hydrogen-bond acceptors (Lipinski definition) is 6. The Balaban J connectivity index is 1.40. The number of carboxylic acid groups (broad SMARTS) is 1. The van der Waals surface area contributed by atoms with Crippen LogP contribution in [0.1, 0.15) is 5.56 Å². The number of nitrogens with one attached hydrogen (secondary N) is 1. The van der Waals surface area contributed by atoms with Crippen molar-refractivity contribution in [2.24, 2.45) is 0 Å². The lowest BCUT2D eigenvalue weighted by atomic mass is 9.88. The third-order valence-corrected chi connectivity index (χ3v) is 4.18. The van der Waals surface area contributed by atoms with Gasteiger partial charge in [-0.15, -0.1) is 0 Å². The van der Waals surface area contributed by atoms with Gasteiger partial charge in [-0.05, 0) is 47.4 Å². The second-order valence-electron chi connectivity index (χ2n) is 6.65. The molecule has 0 heterocycles. The van der Waals surface area contributed by atoms with Gasteiger partial charge >= 0.3 is 19.4 Å². The third kappa shape index (κ3) is 7.87. The van der Waals surface area contributed by atoms with E-state index < -0.39 is 11.9 Å². The van der Waals surface area contributed by atoms with Crippen LogP contribution in [-0.4, -0.2) is 37.6 Å². The zero-order valence-corrected chi connectivity index (χ0v) is 16.8. The fourth-order valence-corrected chi connectivity index (χ4v) is 2.61. The molecule has 0 saturated carbocycles. The number of rotatable bonds is 11. The zero-order valence-electron chi connectivity index (χ0n) is 16.8. The summed E-state index contributed by atoms with van der Waals surface area (Å²) in [5.41, 5.74) is 1.81. The summed E-state index contributed by atoms with van der Waals surface area (Å²) in [5.74, 6) is 0.699. The largest absolute Gasteiger partial charge is 0.534 e. The van der Waals surface area contributed by atoms with Gasteiger partial charge in [0, 0.05) is 0 Å². The number of carboxylic acids is 1. The van der Waals surface area contributed by atoms with Crippen molar-refractivity contribution in [3.05, 3.63) is 84.4 Å². The van der Waals surface area contributed by atoms with Gasteiger partial charge in [-0.1, -0.05) is 42.5 Å². The summed E-state index contributed by atoms with van der Waals surface area (Å²) in [7, 11) is 0.108. The van der Waals surface area contributed by atoms with E-state index in [1.54, 1.807) is 12.1 Å². The van der Waals surface area contributed by atoms with Crippen LogP contribution in [0, 0.1) is 0 Å². The van der Waals surface area contributed by atoms with E-state index in [0.717, 1.165) is 22.5 Å². The Morgan fingerprint density at radius 2 is 1.45 bits per heavy atom. The fourth-order valence-electron chi connectivity index (χ4n) is 2.61. The lowest BCUT2D eigenvalue weighted by Crippen LogP contribution is -2.32. The first kappa shape index (κ1) is 21.9. The molecule has 0 saturated heterocycles. The maximum absolute atomic E-state index is 11.5. The van der Waals surface area contributed by atoms with Gasteiger partial charge in [0.25, 0.3) is 0 Å². The maximum atomic E-state index is 11.5. The quantitative estimate of drug-likeness (QED) is 0.461. The van der Waals surface area contributed by atoms with E-state index >= 15 is 0 Å². The minimum Gasteiger partial charge on any atom is -0.534 e. The first-order valence-electron chi connectivity index (χ1n) is 9.70. The van der Waals surface area contributed by atoms with Gasteiger partial charge in [0.15, 0.2) is 0 Å². The van der Waals surface area contributed by atoms with Gasteiger partial charge in [-0.3, -0.25) is 14.9 Å². The molecule has 0 aliphatic rings. The molecule has 8 heteroatoms. The first-order valence-corrected chi connectivity index (χ1v) is 9.70. The molecule has 0 aliphatic carbocycles. The van der Waals surface area contributed by atoms with Crippen molar-refractivity contribution in [1.82, 2.24) is 5.32 Å². The van der Waals surface area contributed by atoms with Crippen LogP contribution in [0.4, 0.5) is 0 Å². The predicted octanol–water partition coefficient (Wildman–Crippen LogP) is 2.25. The van der Waals surface area contributed by atoms with Gasteiger partial charge in [0.2, 0.25) is 0 Å². The monoisotopic (exact) mass is 419 g/mol. The van der Waals surface area contributed by atoms with Crippen LogP contribution in [0.15, 0.2) is 78.9 Å². The molecule has 3 rings (SSSR count). The smallest absolute Gasteiger partial charge is 0.377 e. The van der Waals surface area contributed by atoms with E-state index in [1.807, 2.05) is 66.7 Å². The number of carbonyl (C=O) groups excluding carboxylic acids is 1. The first-order chi connectivity index (χ1) is 15.1. The Morgan fingerprint density at radius 1 is 0.806 bits per heavy atom. The topological polar surface area (TPSA) is 94.1 Å². The van der Waals surface area contributed by atoms with Crippen LogP contribution < -0.4 is 20.3 Å². The van der Waals surface area contributed by atoms with Gasteiger partial charge in [0.1, 0.15) is 23.9 Å². The molecule has 158 valence electrons. The minimum absolute atomic E-state index is 0.108. The van der Waals surface area contributed by atoms with Crippen LogP contribution in [0.3, 0.4) is 0 Å². The molecular formula is C23H22BNO6. The molecule has 3 aromatic rings. The van der Waals surface area contributed by atoms with Gasteiger partial charge in [-0.2, -0.15) is 0 Å². The van der Waals surface area contributed by atoms with Crippen LogP contribution >= 0.6 is 0 Å². The van der Waals surface area contributed by atoms with Crippen molar-refractivity contribution in [1.29, 1.82) is 0 Å². The fraction of sp³-hybridized carbons (Fsp3) is 0.130. The summed E-state index contributed by atoms with van der Waals surface area (Å²) >= 11 is 0. The Morgan fingerprint density at radius 3 is 2.13 bits per heavy atom. The van der Waals surface area contributed by atoms with E-state index in [-0.39, 0.29) is 20.6 Å². The minimum atomic E-state index is -1.03. The van der Waals surface area contributed by atoms with Crippen molar-refractivity contribution < 1.29 is 28.8 Å². The van der Waals surface area contributed by atoms with Gasteiger partial charge in [0.05, 0.1) is 13.1 Å². The summed E-state index contributed by atoms with van der Waals surface area (Å²) in [6.07, 6.45) is 0. The van der Waals surface area contributed by atoms with Crippen molar-refractivity contribution in [3.63, 3.8) is 0 Å². The van der Waals surface area contributed by atoms with Crippen molar-refractivity contribution in [3.8, 4) is 17.2 Å². The van der Waals surface area contributed by atoms with Crippen LogP contribution in [0.5, 0.6) is 17.2 Å². The molecule has 0 radical (unpaired) electrons. The summed E-state index contributed by atoms with van der Waals surface area (Å²) in [4.78, 5) is 21.9. The van der Waals surface area contributed by atoms with Crippen LogP contribution in [0.25, 0.3) is 0 Å². The second kappa shape index (κ2) is 11.4. The summed E-state index contributed by atoms with van der Waals surface area (Å²) in [5, 5.41) is 11.0. The highest BCUT2D eigenvalue weighted by Crippen LogP contribution is 2.21. The Bertz CT molecular complexity index is 977. The second-order valence-corrected chi connectivity index (χ2v) is 6.65. The predicted molar refractivity (Wildman–Crippen MR) is 117 cm³/mol. The number of carbonyl (C=O) groups is 2. The standard InChI is InChI=1S/C23H22BNO6/c26-22(27)14-25-15-23(28)31-24-18-8-12-19(13-9-18)29-16-17-6-10-21(11-7-17)30-20-4-2-1-3-5-20/h1-13,24-25H,14-16H2,(H,26,27). The highest BCUT2D eigenvalue weighted by atomic mass is 16.5. The van der Waals surface area contributed by atoms with Crippen LogP contribution in [0.2, 0.25) is 0 Å². The third-order valence-electron chi connectivity index (χ3n) is 4.18. The molecule has 0 fully saturated rings. The maximum Gasteiger partial charge on any atom is 0.377 e. The average molecular weight is 419 g/mol. The molecule has 0 aliphatic heterocycles. The van der Waals surface area contributed by atoms with E-state index in [9.17, 15) is 9.59 Å². The summed E-state index contributed by atoms with van der Waals surface area (Å²) in [6.45, 7) is -0.0260. The van der Waals surface area contributed by atoms with Crippen molar-refractivity contribution >= 4 is 24.9 Å². The highest BCUT2D eigenvalue weighted by molar-refractivity contribution is 6.48. The van der Waals surface area contributed by atoms with E-state index in [1.165, 1.54) is 0 Å². The molecule has 2 N–H and O–H groups in total. The number of aliphatic carboxylic acids is 1. The molecule has 0 atom stereocenters. The van der Waals surface area contributed by atoms with Gasteiger partial charge < -0.3 is 19.2 Å². The van der Waals surface area contributed by atoms with E-state index in [2.05, 4.69) is 5.32 Å². The van der Waals surface area contributed by atoms with E-state index in [0.29, 0.717) is 12.4 Å². The van der Waals surface area contributed by atoms with Gasteiger partial charge in [-0.25, -0.2) is 0 Å². The Labute approximate surface area is 180 Å². The lowest BCUT2D eigenvalue weighted by Gasteiger charge is -2.09. The zero-order chi connectivity index (χ0) is 21.9. The Kier molecular flexibility index (Phi) is 8.08. The Hall–Kier alpha value is -3.78. The molecule has 3 aromatic carbocycles. The molecular weight excluding hydrogens is 397 g/mol. The molecule has 0 spiro atoms. The molecule has 0 amide bonds. The average Bonchev–Trinajstić information content (AvgIpc) is 2.78. The van der Waals surface area contributed by atoms with Crippen molar-refractivity contribution in [2.75, 3.05) is 13.1 Å². The number of benzene rings is 3. The number of para-hydroxylation sites is 1. The SMILES string of the molecule is O=C(O)CNCC(=O)OBc1ccc(OCc2ccc(Oc3ccccc3)cc2)cc1. The van der Waals surface area contributed by atoms with Crippen molar-refractivity contribution in [2.45, 2.75) is 6.61 Å². The van der Waals surface area contributed by atoms with Crippen LogP contribution in [-0.2, 0) is 20.9 Å². The molecule has 7 nitrogen and oxygen atoms in total.